The molecule has 0 spiro atoms. The average molecular weight is 508 g/mol. The van der Waals surface area contributed by atoms with Gasteiger partial charge < -0.3 is 15.5 Å². The van der Waals surface area contributed by atoms with Gasteiger partial charge >= 0.3 is 6.18 Å². The molecule has 1 aromatic carbocycles. The normalized spacial score (nSPS) is 15.7. The number of anilines is 1. The van der Waals surface area contributed by atoms with Crippen LogP contribution in [0.5, 0.6) is 0 Å². The van der Waals surface area contributed by atoms with Crippen molar-refractivity contribution in [3.05, 3.63) is 49.4 Å². The van der Waals surface area contributed by atoms with Gasteiger partial charge in [-0.05, 0) is 69.9 Å². The Balaban J connectivity index is 1.79. The molecule has 2 N–H and O–H groups in total. The molecule has 7 nitrogen and oxygen atoms in total. The van der Waals surface area contributed by atoms with E-state index in [1.54, 1.807) is 18.3 Å². The van der Waals surface area contributed by atoms with Crippen LogP contribution in [-0.4, -0.2) is 47.7 Å². The predicted octanol–water partition coefficient (Wildman–Crippen LogP) is 2.16. The van der Waals surface area contributed by atoms with Gasteiger partial charge in [-0.1, -0.05) is 12.1 Å². The third-order valence-corrected chi connectivity index (χ3v) is 6.79. The lowest BCUT2D eigenvalue weighted by Gasteiger charge is -2.14. The molecule has 0 aliphatic carbocycles. The molecular formula is C24H28F3N5O2S. The highest BCUT2D eigenvalue weighted by atomic mass is 32.1. The second-order valence-corrected chi connectivity index (χ2v) is 9.28. The first-order valence-corrected chi connectivity index (χ1v) is 12.3. The number of carbonyl (C=O) groups is 1. The number of amides is 1. The van der Waals surface area contributed by atoms with Gasteiger partial charge in [-0.15, -0.1) is 11.3 Å². The van der Waals surface area contributed by atoms with Crippen molar-refractivity contribution in [2.24, 2.45) is 0 Å². The van der Waals surface area contributed by atoms with E-state index in [0.717, 1.165) is 36.4 Å². The standard InChI is InChI=1S/C24H28F3N5O2S/c1-2-32-22(34)20(35-23(32)19(14-28)21(33)30-16-24(25,26)27)15-29-18-9-5-7-17(13-18)8-6-12-31-10-3-4-11-31/h5,7,9,13,15,29H,2-4,6,8,10-12,16H2,1H3,(H,30,33). The van der Waals surface area contributed by atoms with Gasteiger partial charge in [0.25, 0.3) is 11.5 Å². The second kappa shape index (κ2) is 12.0. The zero-order valence-electron chi connectivity index (χ0n) is 19.5. The Morgan fingerprint density at radius 2 is 2.03 bits per heavy atom. The minimum Gasteiger partial charge on any atom is -0.360 e. The maximum atomic E-state index is 12.8. The van der Waals surface area contributed by atoms with Crippen molar-refractivity contribution in [1.29, 1.82) is 5.26 Å². The number of nitrogens with one attached hydrogen (secondary N) is 2. The van der Waals surface area contributed by atoms with Gasteiger partial charge in [-0.25, -0.2) is 0 Å². The molecule has 0 radical (unpaired) electrons. The van der Waals surface area contributed by atoms with Crippen LogP contribution >= 0.6 is 11.3 Å². The molecule has 0 unspecified atom stereocenters. The van der Waals surface area contributed by atoms with Gasteiger partial charge in [-0.2, -0.15) is 18.4 Å². The summed E-state index contributed by atoms with van der Waals surface area (Å²) < 4.78 is 38.8. The number of carbonyl (C=O) groups excluding carboxylic acids is 1. The van der Waals surface area contributed by atoms with Gasteiger partial charge in [0, 0.05) is 18.4 Å². The molecule has 1 aromatic heterocycles. The molecule has 0 bridgehead atoms. The van der Waals surface area contributed by atoms with E-state index in [9.17, 15) is 28.0 Å². The summed E-state index contributed by atoms with van der Waals surface area (Å²) in [5.74, 6) is -1.17. The zero-order chi connectivity index (χ0) is 25.4. The maximum Gasteiger partial charge on any atom is 0.405 e. The number of hydrogen-bond acceptors (Lipinski definition) is 6. The van der Waals surface area contributed by atoms with Gasteiger partial charge in [0.15, 0.2) is 5.57 Å². The highest BCUT2D eigenvalue weighted by molar-refractivity contribution is 7.07. The van der Waals surface area contributed by atoms with E-state index in [-0.39, 0.29) is 15.7 Å². The lowest BCUT2D eigenvalue weighted by atomic mass is 10.1. The molecule has 1 fully saturated rings. The highest BCUT2D eigenvalue weighted by Gasteiger charge is 2.28. The molecular weight excluding hydrogens is 479 g/mol. The van der Waals surface area contributed by atoms with Crippen LogP contribution in [0.3, 0.4) is 0 Å². The van der Waals surface area contributed by atoms with Crippen LogP contribution in [0.2, 0.25) is 0 Å². The maximum absolute atomic E-state index is 12.8. The van der Waals surface area contributed by atoms with Gasteiger partial charge in [0.1, 0.15) is 21.8 Å². The summed E-state index contributed by atoms with van der Waals surface area (Å²) >= 11 is 0.882. The Morgan fingerprint density at radius 3 is 2.69 bits per heavy atom. The van der Waals surface area contributed by atoms with Crippen LogP contribution in [0.1, 0.15) is 31.7 Å². The summed E-state index contributed by atoms with van der Waals surface area (Å²) in [6, 6.07) is 9.49. The molecule has 3 rings (SSSR count). The minimum atomic E-state index is -4.61. The third-order valence-electron chi connectivity index (χ3n) is 5.66. The number of nitriles is 1. The summed E-state index contributed by atoms with van der Waals surface area (Å²) in [5.41, 5.74) is 0.992. The molecule has 11 heteroatoms. The average Bonchev–Trinajstić information content (AvgIpc) is 3.44. The monoisotopic (exact) mass is 507 g/mol. The number of rotatable bonds is 9. The molecule has 0 atom stereocenters. The molecule has 2 heterocycles. The van der Waals surface area contributed by atoms with Crippen molar-refractivity contribution >= 4 is 34.7 Å². The van der Waals surface area contributed by atoms with Crippen molar-refractivity contribution in [3.8, 4) is 6.07 Å². The summed E-state index contributed by atoms with van der Waals surface area (Å²) in [6.07, 6.45) is 1.42. The van der Waals surface area contributed by atoms with Gasteiger partial charge in [-0.3, -0.25) is 14.2 Å². The number of benzene rings is 1. The first-order valence-electron chi connectivity index (χ1n) is 11.5. The van der Waals surface area contributed by atoms with Crippen LogP contribution in [0.4, 0.5) is 18.9 Å². The van der Waals surface area contributed by atoms with Crippen LogP contribution < -0.4 is 25.4 Å². The van der Waals surface area contributed by atoms with Crippen molar-refractivity contribution in [2.45, 2.75) is 45.3 Å². The van der Waals surface area contributed by atoms with E-state index >= 15 is 0 Å². The molecule has 1 aliphatic heterocycles. The number of aryl methyl sites for hydroxylation is 1. The lowest BCUT2D eigenvalue weighted by molar-refractivity contribution is -0.135. The van der Waals surface area contributed by atoms with Crippen LogP contribution in [0.25, 0.3) is 11.8 Å². The SMILES string of the molecule is CCn1c(=C(C#N)C(=O)NCC(F)(F)F)sc(=CNc2cccc(CCCN3CCCC3)c2)c1=O. The number of hydrogen-bond donors (Lipinski definition) is 2. The summed E-state index contributed by atoms with van der Waals surface area (Å²) in [4.78, 5) is 27.5. The highest BCUT2D eigenvalue weighted by Crippen LogP contribution is 2.14. The number of likely N-dealkylation sites (tertiary alicyclic amines) is 1. The Labute approximate surface area is 205 Å². The predicted molar refractivity (Wildman–Crippen MR) is 130 cm³/mol. The lowest BCUT2D eigenvalue weighted by Crippen LogP contribution is -2.37. The molecule has 1 amide bonds. The van der Waals surface area contributed by atoms with E-state index in [4.69, 9.17) is 0 Å². The van der Waals surface area contributed by atoms with E-state index in [1.165, 1.54) is 42.3 Å². The number of thiazole rings is 1. The molecule has 1 saturated heterocycles. The van der Waals surface area contributed by atoms with E-state index in [1.807, 2.05) is 18.2 Å². The fourth-order valence-electron chi connectivity index (χ4n) is 3.94. The zero-order valence-corrected chi connectivity index (χ0v) is 20.3. The number of aromatic nitrogens is 1. The number of nitrogens with zero attached hydrogens (tertiary/aromatic N) is 3. The van der Waals surface area contributed by atoms with E-state index in [2.05, 4.69) is 16.3 Å². The van der Waals surface area contributed by atoms with Crippen molar-refractivity contribution < 1.29 is 18.0 Å². The fourth-order valence-corrected chi connectivity index (χ4v) is 5.02. The number of halogens is 3. The Kier molecular flexibility index (Phi) is 9.12. The van der Waals surface area contributed by atoms with Crippen molar-refractivity contribution in [2.75, 3.05) is 31.5 Å². The van der Waals surface area contributed by atoms with Crippen molar-refractivity contribution in [3.63, 3.8) is 0 Å². The van der Waals surface area contributed by atoms with Crippen LogP contribution in [0, 0.1) is 11.3 Å². The Bertz CT molecular complexity index is 1250. The van der Waals surface area contributed by atoms with E-state index in [0.29, 0.717) is 0 Å². The molecule has 35 heavy (non-hydrogen) atoms. The number of alkyl halides is 3. The van der Waals surface area contributed by atoms with Gasteiger partial charge in [0.2, 0.25) is 0 Å². The fraction of sp³-hybridized carbons (Fsp3) is 0.458. The summed E-state index contributed by atoms with van der Waals surface area (Å²) in [6.45, 7) is 3.67. The molecule has 2 aromatic rings. The quantitative estimate of drug-likeness (QED) is 0.543. The largest absolute Gasteiger partial charge is 0.405 e. The van der Waals surface area contributed by atoms with Crippen LogP contribution in [-0.2, 0) is 17.8 Å². The molecule has 1 aliphatic rings. The summed E-state index contributed by atoms with van der Waals surface area (Å²) in [5, 5.41) is 14.2. The van der Waals surface area contributed by atoms with Crippen molar-refractivity contribution in [1.82, 2.24) is 14.8 Å². The smallest absolute Gasteiger partial charge is 0.360 e. The molecule has 0 saturated carbocycles. The van der Waals surface area contributed by atoms with Gasteiger partial charge in [0.05, 0.1) is 0 Å². The second-order valence-electron chi connectivity index (χ2n) is 8.25. The Hall–Kier alpha value is -3.10. The molecule has 188 valence electrons. The first kappa shape index (κ1) is 26.5. The Morgan fingerprint density at radius 1 is 1.29 bits per heavy atom. The van der Waals surface area contributed by atoms with Crippen LogP contribution in [0.15, 0.2) is 29.1 Å². The third kappa shape index (κ3) is 7.44. The summed E-state index contributed by atoms with van der Waals surface area (Å²) in [7, 11) is 0. The van der Waals surface area contributed by atoms with E-state index < -0.39 is 29.8 Å². The topological polar surface area (TPSA) is 90.2 Å². The first-order chi connectivity index (χ1) is 16.7. The minimum absolute atomic E-state index is 0.0170.